The number of amides is 2. The first-order valence-electron chi connectivity index (χ1n) is 10.8. The number of rotatable bonds is 7. The number of likely N-dealkylation sites (N-methyl/N-ethyl adjacent to an activating group) is 1. The van der Waals surface area contributed by atoms with Crippen LogP contribution in [0.3, 0.4) is 0 Å². The molecule has 2 N–H and O–H groups in total. The largest absolute Gasteiger partial charge is 0.378 e. The van der Waals surface area contributed by atoms with Crippen LogP contribution < -0.4 is 15.5 Å². The fraction of sp³-hybridized carbons (Fsp3) is 0.391. The third-order valence-corrected chi connectivity index (χ3v) is 5.77. The Morgan fingerprint density at radius 1 is 1.00 bits per heavy atom. The molecule has 3 rings (SSSR count). The van der Waals surface area contributed by atoms with Gasteiger partial charge in [0, 0.05) is 70.3 Å². The maximum atomic E-state index is 12.5. The second-order valence-corrected chi connectivity index (χ2v) is 8.31. The van der Waals surface area contributed by atoms with Crippen LogP contribution in [0.5, 0.6) is 0 Å². The fourth-order valence-corrected chi connectivity index (χ4v) is 3.71. The summed E-state index contributed by atoms with van der Waals surface area (Å²) in [6, 6.07) is 13.5. The standard InChI is InChI=1S/C23H30N6O4/c1-26(2)19-8-4-17(5-9-19)21(28-14-12-27(3)13-15-28)16-24-22(30)23(31)25-18-6-10-20(11-7-18)29(32)33/h4-11,21H,12-16H2,1-3H3,(H,24,30)(H,25,31)/t21-/m0/s1. The molecule has 10 heteroatoms. The van der Waals surface area contributed by atoms with Crippen LogP contribution in [0.25, 0.3) is 0 Å². The Morgan fingerprint density at radius 3 is 2.15 bits per heavy atom. The van der Waals surface area contributed by atoms with E-state index in [0.29, 0.717) is 5.69 Å². The average molecular weight is 455 g/mol. The van der Waals surface area contributed by atoms with E-state index in [2.05, 4.69) is 39.6 Å². The number of nitro groups is 1. The zero-order valence-corrected chi connectivity index (χ0v) is 19.2. The van der Waals surface area contributed by atoms with Crippen LogP contribution in [-0.4, -0.2) is 80.4 Å². The Bertz CT molecular complexity index is 969. The van der Waals surface area contributed by atoms with Gasteiger partial charge in [-0.2, -0.15) is 0 Å². The van der Waals surface area contributed by atoms with Crippen LogP contribution in [-0.2, 0) is 9.59 Å². The van der Waals surface area contributed by atoms with Crippen molar-refractivity contribution >= 4 is 28.9 Å². The van der Waals surface area contributed by atoms with Crippen LogP contribution in [0.15, 0.2) is 48.5 Å². The second kappa shape index (κ2) is 10.9. The highest BCUT2D eigenvalue weighted by atomic mass is 16.6. The zero-order chi connectivity index (χ0) is 24.0. The Labute approximate surface area is 193 Å². The lowest BCUT2D eigenvalue weighted by atomic mass is 10.0. The minimum atomic E-state index is -0.816. The first kappa shape index (κ1) is 24.1. The molecule has 33 heavy (non-hydrogen) atoms. The van der Waals surface area contributed by atoms with Gasteiger partial charge in [0.15, 0.2) is 0 Å². The molecule has 1 fully saturated rings. The van der Waals surface area contributed by atoms with Crippen molar-refractivity contribution in [1.29, 1.82) is 0 Å². The molecule has 1 aliphatic heterocycles. The quantitative estimate of drug-likeness (QED) is 0.372. The molecule has 1 aliphatic rings. The predicted octanol–water partition coefficient (Wildman–Crippen LogP) is 1.70. The molecular weight excluding hydrogens is 424 g/mol. The van der Waals surface area contributed by atoms with E-state index >= 15 is 0 Å². The molecule has 0 bridgehead atoms. The predicted molar refractivity (Wildman–Crippen MR) is 127 cm³/mol. The van der Waals surface area contributed by atoms with Gasteiger partial charge in [-0.1, -0.05) is 12.1 Å². The Balaban J connectivity index is 1.65. The van der Waals surface area contributed by atoms with Crippen molar-refractivity contribution in [2.75, 3.05) is 64.1 Å². The molecule has 0 aromatic heterocycles. The van der Waals surface area contributed by atoms with Gasteiger partial charge in [-0.25, -0.2) is 0 Å². The number of nitrogens with zero attached hydrogens (tertiary/aromatic N) is 4. The lowest BCUT2D eigenvalue weighted by molar-refractivity contribution is -0.384. The lowest BCUT2D eigenvalue weighted by Gasteiger charge is -2.38. The van der Waals surface area contributed by atoms with E-state index in [4.69, 9.17) is 0 Å². The van der Waals surface area contributed by atoms with E-state index in [1.165, 1.54) is 24.3 Å². The highest BCUT2D eigenvalue weighted by molar-refractivity contribution is 6.39. The molecule has 2 amide bonds. The molecule has 2 aromatic rings. The molecule has 10 nitrogen and oxygen atoms in total. The summed E-state index contributed by atoms with van der Waals surface area (Å²) in [5.74, 6) is -1.57. The molecule has 0 radical (unpaired) electrons. The molecule has 1 heterocycles. The van der Waals surface area contributed by atoms with Gasteiger partial charge in [0.2, 0.25) is 0 Å². The minimum absolute atomic E-state index is 0.0639. The van der Waals surface area contributed by atoms with Crippen molar-refractivity contribution in [1.82, 2.24) is 15.1 Å². The topological polar surface area (TPSA) is 111 Å². The normalized spacial score (nSPS) is 15.5. The number of benzene rings is 2. The molecule has 0 spiro atoms. The van der Waals surface area contributed by atoms with E-state index in [-0.39, 0.29) is 18.3 Å². The van der Waals surface area contributed by atoms with Gasteiger partial charge in [0.1, 0.15) is 0 Å². The summed E-state index contributed by atoms with van der Waals surface area (Å²) in [7, 11) is 6.05. The number of hydrogen-bond donors (Lipinski definition) is 2. The third-order valence-electron chi connectivity index (χ3n) is 5.77. The molecule has 0 saturated carbocycles. The maximum Gasteiger partial charge on any atom is 0.313 e. The molecule has 0 unspecified atom stereocenters. The summed E-state index contributed by atoms with van der Waals surface area (Å²) in [5, 5.41) is 16.0. The molecule has 1 saturated heterocycles. The minimum Gasteiger partial charge on any atom is -0.378 e. The van der Waals surface area contributed by atoms with Gasteiger partial charge in [-0.15, -0.1) is 0 Å². The molecule has 2 aromatic carbocycles. The van der Waals surface area contributed by atoms with Crippen molar-refractivity contribution in [2.24, 2.45) is 0 Å². The molecule has 176 valence electrons. The number of anilines is 2. The summed E-state index contributed by atoms with van der Waals surface area (Å²) in [4.78, 5) is 41.6. The van der Waals surface area contributed by atoms with E-state index in [0.717, 1.165) is 37.4 Å². The highest BCUT2D eigenvalue weighted by Gasteiger charge is 2.25. The molecular formula is C23H30N6O4. The number of nitro benzene ring substituents is 1. The highest BCUT2D eigenvalue weighted by Crippen LogP contribution is 2.24. The van der Waals surface area contributed by atoms with Crippen LogP contribution in [0.1, 0.15) is 11.6 Å². The summed E-state index contributed by atoms with van der Waals surface area (Å²) in [6.45, 7) is 3.88. The number of non-ortho nitro benzene ring substituents is 1. The summed E-state index contributed by atoms with van der Waals surface area (Å²) >= 11 is 0. The summed E-state index contributed by atoms with van der Waals surface area (Å²) in [6.07, 6.45) is 0. The van der Waals surface area contributed by atoms with Crippen molar-refractivity contribution in [3.63, 3.8) is 0 Å². The van der Waals surface area contributed by atoms with E-state index < -0.39 is 16.7 Å². The monoisotopic (exact) mass is 454 g/mol. The van der Waals surface area contributed by atoms with Crippen LogP contribution in [0.4, 0.5) is 17.1 Å². The average Bonchev–Trinajstić information content (AvgIpc) is 2.80. The maximum absolute atomic E-state index is 12.5. The first-order chi connectivity index (χ1) is 15.7. The van der Waals surface area contributed by atoms with Gasteiger partial charge in [-0.3, -0.25) is 24.6 Å². The fourth-order valence-electron chi connectivity index (χ4n) is 3.71. The van der Waals surface area contributed by atoms with E-state index in [9.17, 15) is 19.7 Å². The van der Waals surface area contributed by atoms with Gasteiger partial charge in [0.05, 0.1) is 11.0 Å². The smallest absolute Gasteiger partial charge is 0.313 e. The SMILES string of the molecule is CN1CCN([C@@H](CNC(=O)C(=O)Nc2ccc([N+](=O)[O-])cc2)c2ccc(N(C)C)cc2)CC1. The number of hydrogen-bond acceptors (Lipinski definition) is 7. The second-order valence-electron chi connectivity index (χ2n) is 8.31. The number of carbonyl (C=O) groups is 2. The number of nitrogens with one attached hydrogen (secondary N) is 2. The van der Waals surface area contributed by atoms with Crippen molar-refractivity contribution in [3.8, 4) is 0 Å². The van der Waals surface area contributed by atoms with E-state index in [1.807, 2.05) is 31.1 Å². The molecule has 1 atom stereocenters. The molecule has 0 aliphatic carbocycles. The van der Waals surface area contributed by atoms with Gasteiger partial charge < -0.3 is 20.4 Å². The van der Waals surface area contributed by atoms with E-state index in [1.54, 1.807) is 0 Å². The van der Waals surface area contributed by atoms with Crippen molar-refractivity contribution < 1.29 is 14.5 Å². The zero-order valence-electron chi connectivity index (χ0n) is 19.2. The number of piperazine rings is 1. The van der Waals surface area contributed by atoms with Crippen LogP contribution in [0, 0.1) is 10.1 Å². The van der Waals surface area contributed by atoms with Gasteiger partial charge in [0.25, 0.3) is 5.69 Å². The summed E-state index contributed by atoms with van der Waals surface area (Å²) in [5.41, 5.74) is 2.38. The Morgan fingerprint density at radius 2 is 1.61 bits per heavy atom. The van der Waals surface area contributed by atoms with Gasteiger partial charge in [-0.05, 0) is 36.9 Å². The third kappa shape index (κ3) is 6.50. The van der Waals surface area contributed by atoms with Gasteiger partial charge >= 0.3 is 11.8 Å². The number of carbonyl (C=O) groups excluding carboxylic acids is 2. The Kier molecular flexibility index (Phi) is 7.96. The first-order valence-corrected chi connectivity index (χ1v) is 10.8. The Hall–Kier alpha value is -3.50. The lowest BCUT2D eigenvalue weighted by Crippen LogP contribution is -2.49. The summed E-state index contributed by atoms with van der Waals surface area (Å²) < 4.78 is 0. The van der Waals surface area contributed by atoms with Crippen LogP contribution >= 0.6 is 0 Å². The van der Waals surface area contributed by atoms with Crippen LogP contribution in [0.2, 0.25) is 0 Å². The van der Waals surface area contributed by atoms with Crippen molar-refractivity contribution in [3.05, 3.63) is 64.2 Å². The van der Waals surface area contributed by atoms with Crippen molar-refractivity contribution in [2.45, 2.75) is 6.04 Å².